The fourth-order valence-corrected chi connectivity index (χ4v) is 1.38. The van der Waals surface area contributed by atoms with Gasteiger partial charge in [0.2, 0.25) is 12.1 Å². The van der Waals surface area contributed by atoms with Gasteiger partial charge in [0.25, 0.3) is 0 Å². The Balaban J connectivity index is 2.27. The molecule has 0 saturated carbocycles. The van der Waals surface area contributed by atoms with Gasteiger partial charge in [-0.3, -0.25) is 4.57 Å². The van der Waals surface area contributed by atoms with Crippen LogP contribution in [0.3, 0.4) is 0 Å². The molecule has 0 aromatic carbocycles. The van der Waals surface area contributed by atoms with E-state index in [0.717, 1.165) is 6.42 Å². The Morgan fingerprint density at radius 3 is 2.94 bits per heavy atom. The zero-order valence-electron chi connectivity index (χ0n) is 10.6. The normalized spacial score (nSPS) is 10.6. The van der Waals surface area contributed by atoms with Gasteiger partial charge < -0.3 is 24.9 Å². The number of methoxy groups -OCH3 is 1. The van der Waals surface area contributed by atoms with Crippen LogP contribution in [0.15, 0.2) is 6.33 Å². The molecule has 1 N–H and O–H groups in total. The highest BCUT2D eigenvalue weighted by Gasteiger charge is 2.18. The Bertz CT molecular complexity index is 380. The van der Waals surface area contributed by atoms with E-state index in [4.69, 9.17) is 9.47 Å². The number of anilines is 1. The van der Waals surface area contributed by atoms with Crippen molar-refractivity contribution in [3.05, 3.63) is 16.4 Å². The van der Waals surface area contributed by atoms with E-state index in [9.17, 15) is 10.1 Å². The molecule has 1 heterocycles. The molecular formula is C10H18N4O4. The Kier molecular flexibility index (Phi) is 6.09. The maximum atomic E-state index is 10.7. The van der Waals surface area contributed by atoms with Gasteiger partial charge in [0.05, 0.1) is 13.2 Å². The molecule has 0 spiro atoms. The number of imidazole rings is 1. The lowest BCUT2D eigenvalue weighted by molar-refractivity contribution is -0.388. The van der Waals surface area contributed by atoms with E-state index < -0.39 is 4.92 Å². The molecule has 0 fully saturated rings. The predicted octanol–water partition coefficient (Wildman–Crippen LogP) is 0.793. The van der Waals surface area contributed by atoms with Crippen molar-refractivity contribution < 1.29 is 14.4 Å². The summed E-state index contributed by atoms with van der Waals surface area (Å²) in [5.41, 5.74) is 0. The number of nitrogens with zero attached hydrogens (tertiary/aromatic N) is 3. The Morgan fingerprint density at radius 1 is 1.50 bits per heavy atom. The van der Waals surface area contributed by atoms with Gasteiger partial charge in [0.15, 0.2) is 0 Å². The van der Waals surface area contributed by atoms with Crippen LogP contribution in [0.25, 0.3) is 0 Å². The van der Waals surface area contributed by atoms with E-state index in [1.807, 2.05) is 0 Å². The zero-order valence-corrected chi connectivity index (χ0v) is 10.6. The highest BCUT2D eigenvalue weighted by molar-refractivity contribution is 5.51. The minimum Gasteiger partial charge on any atom is -0.382 e. The first-order valence-electron chi connectivity index (χ1n) is 5.63. The highest BCUT2D eigenvalue weighted by atomic mass is 16.6. The van der Waals surface area contributed by atoms with Gasteiger partial charge in [-0.2, -0.15) is 0 Å². The summed E-state index contributed by atoms with van der Waals surface area (Å²) in [6, 6.07) is 0. The summed E-state index contributed by atoms with van der Waals surface area (Å²) in [7, 11) is 3.32. The molecule has 0 saturated heterocycles. The summed E-state index contributed by atoms with van der Waals surface area (Å²) in [5.74, 6) is 0.259. The van der Waals surface area contributed by atoms with Crippen molar-refractivity contribution in [2.24, 2.45) is 7.05 Å². The van der Waals surface area contributed by atoms with Crippen molar-refractivity contribution >= 4 is 11.6 Å². The van der Waals surface area contributed by atoms with Crippen LogP contribution in [0.5, 0.6) is 0 Å². The third kappa shape index (κ3) is 4.30. The summed E-state index contributed by atoms with van der Waals surface area (Å²) in [6.07, 6.45) is 2.17. The van der Waals surface area contributed by atoms with E-state index in [1.165, 1.54) is 6.33 Å². The zero-order chi connectivity index (χ0) is 13.4. The maximum Gasteiger partial charge on any atom is 0.406 e. The van der Waals surface area contributed by atoms with Crippen LogP contribution in [0.4, 0.5) is 11.6 Å². The lowest BCUT2D eigenvalue weighted by Gasteiger charge is -2.06. The largest absolute Gasteiger partial charge is 0.406 e. The van der Waals surface area contributed by atoms with Crippen LogP contribution in [0.1, 0.15) is 6.42 Å². The van der Waals surface area contributed by atoms with Gasteiger partial charge in [-0.25, -0.2) is 0 Å². The van der Waals surface area contributed by atoms with Crippen LogP contribution in [-0.4, -0.2) is 47.9 Å². The standard InChI is InChI=1S/C10H18N4O4/c1-13-8-12-10(14(15)16)9(13)11-4-3-5-18-7-6-17-2/h8,11H,3-7H2,1-2H3. The summed E-state index contributed by atoms with van der Waals surface area (Å²) >= 11 is 0. The third-order valence-electron chi connectivity index (χ3n) is 2.28. The van der Waals surface area contributed by atoms with E-state index in [0.29, 0.717) is 32.2 Å². The highest BCUT2D eigenvalue weighted by Crippen LogP contribution is 2.20. The Hall–Kier alpha value is -1.67. The average molecular weight is 258 g/mol. The smallest absolute Gasteiger partial charge is 0.382 e. The molecule has 1 aromatic rings. The molecule has 1 aromatic heterocycles. The second-order valence-electron chi connectivity index (χ2n) is 3.67. The number of rotatable bonds is 9. The van der Waals surface area contributed by atoms with Gasteiger partial charge in [0, 0.05) is 27.3 Å². The monoisotopic (exact) mass is 258 g/mol. The SMILES string of the molecule is COCCOCCCNc1c([N+](=O)[O-])ncn1C. The summed E-state index contributed by atoms with van der Waals surface area (Å²) in [4.78, 5) is 13.9. The first kappa shape index (κ1) is 14.4. The molecule has 18 heavy (non-hydrogen) atoms. The number of aryl methyl sites for hydroxylation is 1. The predicted molar refractivity (Wildman–Crippen MR) is 65.7 cm³/mol. The second-order valence-corrected chi connectivity index (χ2v) is 3.67. The molecule has 8 heteroatoms. The number of aromatic nitrogens is 2. The number of hydrogen-bond donors (Lipinski definition) is 1. The van der Waals surface area contributed by atoms with E-state index in [1.54, 1.807) is 18.7 Å². The van der Waals surface area contributed by atoms with Crippen LogP contribution < -0.4 is 5.32 Å². The fraction of sp³-hybridized carbons (Fsp3) is 0.700. The second kappa shape index (κ2) is 7.62. The van der Waals surface area contributed by atoms with Gasteiger partial charge in [-0.1, -0.05) is 0 Å². The van der Waals surface area contributed by atoms with Gasteiger partial charge in [-0.15, -0.1) is 0 Å². The lowest BCUT2D eigenvalue weighted by Crippen LogP contribution is -2.11. The molecule has 1 rings (SSSR count). The molecule has 0 aliphatic heterocycles. The van der Waals surface area contributed by atoms with Crippen molar-refractivity contribution in [2.75, 3.05) is 38.8 Å². The molecule has 0 aliphatic rings. The van der Waals surface area contributed by atoms with Crippen LogP contribution in [-0.2, 0) is 16.5 Å². The van der Waals surface area contributed by atoms with E-state index in [2.05, 4.69) is 10.3 Å². The van der Waals surface area contributed by atoms with Crippen molar-refractivity contribution in [3.63, 3.8) is 0 Å². The first-order chi connectivity index (χ1) is 8.66. The average Bonchev–Trinajstić information content (AvgIpc) is 2.70. The fourth-order valence-electron chi connectivity index (χ4n) is 1.38. The van der Waals surface area contributed by atoms with Crippen molar-refractivity contribution in [3.8, 4) is 0 Å². The molecule has 0 bridgehead atoms. The number of ether oxygens (including phenoxy) is 2. The summed E-state index contributed by atoms with van der Waals surface area (Å²) in [5, 5.41) is 13.7. The minimum atomic E-state index is -0.503. The quantitative estimate of drug-likeness (QED) is 0.400. The van der Waals surface area contributed by atoms with Crippen molar-refractivity contribution in [1.29, 1.82) is 0 Å². The summed E-state index contributed by atoms with van der Waals surface area (Å²) < 4.78 is 11.7. The number of nitrogens with one attached hydrogen (secondary N) is 1. The Labute approximate surface area is 105 Å². The van der Waals surface area contributed by atoms with Crippen LogP contribution in [0, 0.1) is 10.1 Å². The molecule has 8 nitrogen and oxygen atoms in total. The first-order valence-corrected chi connectivity index (χ1v) is 5.63. The van der Waals surface area contributed by atoms with E-state index >= 15 is 0 Å². The maximum absolute atomic E-state index is 10.7. The third-order valence-corrected chi connectivity index (χ3v) is 2.28. The molecule has 102 valence electrons. The van der Waals surface area contributed by atoms with E-state index in [-0.39, 0.29) is 5.82 Å². The minimum absolute atomic E-state index is 0.155. The molecule has 0 unspecified atom stereocenters. The summed E-state index contributed by atoms with van der Waals surface area (Å²) in [6.45, 7) is 2.30. The molecule has 0 amide bonds. The van der Waals surface area contributed by atoms with Crippen LogP contribution >= 0.6 is 0 Å². The van der Waals surface area contributed by atoms with Crippen LogP contribution in [0.2, 0.25) is 0 Å². The molecule has 0 aliphatic carbocycles. The lowest BCUT2D eigenvalue weighted by atomic mass is 10.4. The molecule has 0 radical (unpaired) electrons. The molecular weight excluding hydrogens is 240 g/mol. The number of hydrogen-bond acceptors (Lipinski definition) is 6. The Morgan fingerprint density at radius 2 is 2.28 bits per heavy atom. The van der Waals surface area contributed by atoms with Gasteiger partial charge >= 0.3 is 5.82 Å². The van der Waals surface area contributed by atoms with Crippen molar-refractivity contribution in [1.82, 2.24) is 9.55 Å². The van der Waals surface area contributed by atoms with Gasteiger partial charge in [-0.05, 0) is 16.3 Å². The molecule has 0 atom stereocenters. The van der Waals surface area contributed by atoms with Gasteiger partial charge in [0.1, 0.15) is 0 Å². The number of nitro groups is 1. The topological polar surface area (TPSA) is 91.4 Å². The van der Waals surface area contributed by atoms with Crippen molar-refractivity contribution in [2.45, 2.75) is 6.42 Å².